The van der Waals surface area contributed by atoms with Crippen LogP contribution in [0.5, 0.6) is 0 Å². The molecule has 0 aromatic carbocycles. The third kappa shape index (κ3) is 11.7. The van der Waals surface area contributed by atoms with E-state index in [1.54, 1.807) is 0 Å². The van der Waals surface area contributed by atoms with Crippen LogP contribution in [0.4, 0.5) is 0 Å². The SMILES string of the molecule is CCCCCCCCCCCCC(CCO)C(C)(Cl)CCO. The van der Waals surface area contributed by atoms with E-state index in [1.807, 2.05) is 6.92 Å². The highest BCUT2D eigenvalue weighted by Gasteiger charge is 2.30. The van der Waals surface area contributed by atoms with Gasteiger partial charge in [-0.3, -0.25) is 0 Å². The highest BCUT2D eigenvalue weighted by atomic mass is 35.5. The smallest absolute Gasteiger partial charge is 0.0469 e. The number of hydrogen-bond donors (Lipinski definition) is 2. The van der Waals surface area contributed by atoms with Crippen molar-refractivity contribution in [1.29, 1.82) is 0 Å². The molecule has 0 heterocycles. The third-order valence-electron chi connectivity index (χ3n) is 4.84. The Kier molecular flexibility index (Phi) is 14.9. The lowest BCUT2D eigenvalue weighted by atomic mass is 9.84. The molecule has 2 nitrogen and oxygen atoms in total. The number of rotatable bonds is 16. The van der Waals surface area contributed by atoms with Gasteiger partial charge < -0.3 is 10.2 Å². The molecule has 0 aromatic heterocycles. The molecule has 0 aromatic rings. The Morgan fingerprint density at radius 3 is 1.73 bits per heavy atom. The maximum Gasteiger partial charge on any atom is 0.0469 e. The number of alkyl halides is 1. The molecule has 0 fully saturated rings. The van der Waals surface area contributed by atoms with Crippen molar-refractivity contribution < 1.29 is 10.2 Å². The lowest BCUT2D eigenvalue weighted by Gasteiger charge is -2.31. The molecule has 0 aliphatic carbocycles. The molecule has 134 valence electrons. The predicted molar refractivity (Wildman–Crippen MR) is 97.6 cm³/mol. The molecule has 2 N–H and O–H groups in total. The van der Waals surface area contributed by atoms with Gasteiger partial charge >= 0.3 is 0 Å². The summed E-state index contributed by atoms with van der Waals surface area (Å²) in [6.07, 6.45) is 15.8. The van der Waals surface area contributed by atoms with Gasteiger partial charge in [0.2, 0.25) is 0 Å². The molecule has 0 spiro atoms. The molecule has 3 heteroatoms. The van der Waals surface area contributed by atoms with E-state index in [1.165, 1.54) is 64.2 Å². The van der Waals surface area contributed by atoms with Gasteiger partial charge in [-0.05, 0) is 32.1 Å². The van der Waals surface area contributed by atoms with E-state index in [9.17, 15) is 5.11 Å². The molecule has 0 saturated carbocycles. The Morgan fingerprint density at radius 2 is 1.27 bits per heavy atom. The molecular formula is C19H39ClO2. The van der Waals surface area contributed by atoms with Gasteiger partial charge in [0.25, 0.3) is 0 Å². The van der Waals surface area contributed by atoms with Gasteiger partial charge in [0, 0.05) is 18.1 Å². The standard InChI is InChI=1S/C19H39ClO2/c1-3-4-5-6-7-8-9-10-11-12-13-18(14-16-21)19(2,20)15-17-22/h18,21-22H,3-17H2,1-2H3. The normalized spacial score (nSPS) is 15.7. The lowest BCUT2D eigenvalue weighted by Crippen LogP contribution is -2.30. The summed E-state index contributed by atoms with van der Waals surface area (Å²) in [5.41, 5.74) is 0. The zero-order valence-corrected chi connectivity index (χ0v) is 15.7. The molecule has 0 rings (SSSR count). The van der Waals surface area contributed by atoms with Crippen LogP contribution in [0.1, 0.15) is 97.3 Å². The van der Waals surface area contributed by atoms with Crippen molar-refractivity contribution in [2.45, 2.75) is 102 Å². The first-order valence-corrected chi connectivity index (χ1v) is 9.87. The van der Waals surface area contributed by atoms with E-state index in [0.29, 0.717) is 12.3 Å². The van der Waals surface area contributed by atoms with Crippen molar-refractivity contribution in [2.24, 2.45) is 5.92 Å². The largest absolute Gasteiger partial charge is 0.396 e. The number of aliphatic hydroxyl groups is 2. The Labute approximate surface area is 143 Å². The fraction of sp³-hybridized carbons (Fsp3) is 1.00. The van der Waals surface area contributed by atoms with E-state index < -0.39 is 0 Å². The summed E-state index contributed by atoms with van der Waals surface area (Å²) >= 11 is 6.53. The Balaban J connectivity index is 3.64. The van der Waals surface area contributed by atoms with E-state index in [2.05, 4.69) is 6.92 Å². The molecule has 0 saturated heterocycles. The minimum absolute atomic E-state index is 0.125. The molecule has 0 radical (unpaired) electrons. The first-order valence-electron chi connectivity index (χ1n) is 9.49. The topological polar surface area (TPSA) is 40.5 Å². The van der Waals surface area contributed by atoms with Crippen LogP contribution < -0.4 is 0 Å². The average Bonchev–Trinajstić information content (AvgIpc) is 2.48. The molecule has 0 aliphatic heterocycles. The maximum absolute atomic E-state index is 9.21. The molecule has 0 amide bonds. The first kappa shape index (κ1) is 22.2. The van der Waals surface area contributed by atoms with Crippen LogP contribution in [-0.2, 0) is 0 Å². The fourth-order valence-electron chi connectivity index (χ4n) is 3.20. The van der Waals surface area contributed by atoms with Crippen LogP contribution in [0, 0.1) is 5.92 Å². The highest BCUT2D eigenvalue weighted by molar-refractivity contribution is 6.23. The lowest BCUT2D eigenvalue weighted by molar-refractivity contribution is 0.196. The zero-order chi connectivity index (χ0) is 16.7. The van der Waals surface area contributed by atoms with E-state index in [4.69, 9.17) is 16.7 Å². The Morgan fingerprint density at radius 1 is 0.773 bits per heavy atom. The summed E-state index contributed by atoms with van der Waals surface area (Å²) in [6, 6.07) is 0. The van der Waals surface area contributed by atoms with E-state index >= 15 is 0 Å². The summed E-state index contributed by atoms with van der Waals surface area (Å²) in [4.78, 5) is -0.378. The van der Waals surface area contributed by atoms with Gasteiger partial charge in [0.1, 0.15) is 0 Å². The van der Waals surface area contributed by atoms with E-state index in [-0.39, 0.29) is 18.1 Å². The minimum atomic E-state index is -0.378. The molecule has 22 heavy (non-hydrogen) atoms. The van der Waals surface area contributed by atoms with Crippen LogP contribution in [0.3, 0.4) is 0 Å². The molecule has 2 atom stereocenters. The Hall–Kier alpha value is 0.210. The molecule has 0 aliphatic rings. The second-order valence-corrected chi connectivity index (χ2v) is 7.79. The maximum atomic E-state index is 9.21. The third-order valence-corrected chi connectivity index (χ3v) is 5.33. The predicted octanol–water partition coefficient (Wildman–Crippen LogP) is 5.68. The number of hydrogen-bond acceptors (Lipinski definition) is 2. The van der Waals surface area contributed by atoms with Crippen LogP contribution in [0.2, 0.25) is 0 Å². The van der Waals surface area contributed by atoms with Crippen LogP contribution >= 0.6 is 11.6 Å². The van der Waals surface area contributed by atoms with Crippen molar-refractivity contribution in [3.05, 3.63) is 0 Å². The summed E-state index contributed by atoms with van der Waals surface area (Å²) in [5.74, 6) is 0.306. The van der Waals surface area contributed by atoms with Crippen LogP contribution in [0.15, 0.2) is 0 Å². The quantitative estimate of drug-likeness (QED) is 0.282. The van der Waals surface area contributed by atoms with E-state index in [0.717, 1.165) is 12.8 Å². The van der Waals surface area contributed by atoms with Gasteiger partial charge in [-0.2, -0.15) is 0 Å². The van der Waals surface area contributed by atoms with Gasteiger partial charge in [0.15, 0.2) is 0 Å². The fourth-order valence-corrected chi connectivity index (χ4v) is 3.51. The van der Waals surface area contributed by atoms with Gasteiger partial charge in [-0.15, -0.1) is 11.6 Å². The van der Waals surface area contributed by atoms with Gasteiger partial charge in [-0.25, -0.2) is 0 Å². The number of unbranched alkanes of at least 4 members (excludes halogenated alkanes) is 9. The van der Waals surface area contributed by atoms with Crippen molar-refractivity contribution >= 4 is 11.6 Å². The van der Waals surface area contributed by atoms with Gasteiger partial charge in [-0.1, -0.05) is 71.1 Å². The second-order valence-electron chi connectivity index (χ2n) is 6.93. The van der Waals surface area contributed by atoms with Crippen molar-refractivity contribution in [1.82, 2.24) is 0 Å². The zero-order valence-electron chi connectivity index (χ0n) is 15.0. The first-order chi connectivity index (χ1) is 10.6. The summed E-state index contributed by atoms with van der Waals surface area (Å²) < 4.78 is 0. The second kappa shape index (κ2) is 14.8. The van der Waals surface area contributed by atoms with Crippen molar-refractivity contribution in [2.75, 3.05) is 13.2 Å². The molecule has 2 unspecified atom stereocenters. The van der Waals surface area contributed by atoms with Gasteiger partial charge in [0.05, 0.1) is 0 Å². The Bertz CT molecular complexity index is 231. The minimum Gasteiger partial charge on any atom is -0.396 e. The van der Waals surface area contributed by atoms with Crippen molar-refractivity contribution in [3.63, 3.8) is 0 Å². The van der Waals surface area contributed by atoms with Crippen LogP contribution in [0.25, 0.3) is 0 Å². The monoisotopic (exact) mass is 334 g/mol. The molecular weight excluding hydrogens is 296 g/mol. The summed E-state index contributed by atoms with van der Waals surface area (Å²) in [5, 5.41) is 18.3. The average molecular weight is 335 g/mol. The van der Waals surface area contributed by atoms with Crippen LogP contribution in [-0.4, -0.2) is 28.3 Å². The summed E-state index contributed by atoms with van der Waals surface area (Å²) in [6.45, 7) is 4.58. The molecule has 0 bridgehead atoms. The summed E-state index contributed by atoms with van der Waals surface area (Å²) in [7, 11) is 0. The van der Waals surface area contributed by atoms with Crippen molar-refractivity contribution in [3.8, 4) is 0 Å². The number of halogens is 1. The highest BCUT2D eigenvalue weighted by Crippen LogP contribution is 2.34. The number of aliphatic hydroxyl groups excluding tert-OH is 2.